The van der Waals surface area contributed by atoms with Crippen LogP contribution in [0.25, 0.3) is 0 Å². The molecule has 0 unspecified atom stereocenters. The first-order chi connectivity index (χ1) is 11.1. The van der Waals surface area contributed by atoms with Crippen LogP contribution in [-0.2, 0) is 0 Å². The van der Waals surface area contributed by atoms with Gasteiger partial charge in [0, 0.05) is 23.7 Å². The molecule has 126 valence electrons. The van der Waals surface area contributed by atoms with Crippen LogP contribution in [-0.4, -0.2) is 30.4 Å². The van der Waals surface area contributed by atoms with Gasteiger partial charge in [-0.3, -0.25) is 0 Å². The molecule has 0 bridgehead atoms. The lowest BCUT2D eigenvalue weighted by molar-refractivity contribution is 0.200. The van der Waals surface area contributed by atoms with Crippen molar-refractivity contribution in [2.24, 2.45) is 5.41 Å². The first-order valence-electron chi connectivity index (χ1n) is 8.22. The lowest BCUT2D eigenvalue weighted by Gasteiger charge is -2.15. The van der Waals surface area contributed by atoms with E-state index in [1.54, 1.807) is 12.1 Å². The summed E-state index contributed by atoms with van der Waals surface area (Å²) in [6.07, 6.45) is 6.13. The maximum atomic E-state index is 14.1. The SMILES string of the molecule is O=C(NCC1(CO)CC1)Nc1ccc(OC2CCCC2)c(F)c1. The third-order valence-electron chi connectivity index (χ3n) is 4.70. The fourth-order valence-electron chi connectivity index (χ4n) is 2.87. The van der Waals surface area contributed by atoms with Crippen LogP contribution in [0.2, 0.25) is 0 Å². The number of nitrogens with one attached hydrogen (secondary N) is 2. The average molecular weight is 322 g/mol. The molecule has 2 aliphatic rings. The maximum Gasteiger partial charge on any atom is 0.319 e. The molecule has 0 radical (unpaired) electrons. The number of aliphatic hydroxyl groups is 1. The molecule has 1 aromatic carbocycles. The smallest absolute Gasteiger partial charge is 0.319 e. The number of hydrogen-bond donors (Lipinski definition) is 3. The van der Waals surface area contributed by atoms with Crippen LogP contribution >= 0.6 is 0 Å². The van der Waals surface area contributed by atoms with E-state index in [1.807, 2.05) is 0 Å². The summed E-state index contributed by atoms with van der Waals surface area (Å²) in [5.74, 6) is -0.233. The second-order valence-corrected chi connectivity index (χ2v) is 6.64. The standard InChI is InChI=1S/C17H23FN2O3/c18-14-9-12(5-6-15(14)23-13-3-1-2-4-13)20-16(22)19-10-17(11-21)7-8-17/h5-6,9,13,21H,1-4,7-8,10-11H2,(H2,19,20,22). The molecule has 1 aromatic rings. The van der Waals surface area contributed by atoms with Crippen molar-refractivity contribution in [3.8, 4) is 5.75 Å². The van der Waals surface area contributed by atoms with Gasteiger partial charge in [-0.25, -0.2) is 9.18 Å². The van der Waals surface area contributed by atoms with E-state index in [2.05, 4.69) is 10.6 Å². The van der Waals surface area contributed by atoms with Gasteiger partial charge in [0.05, 0.1) is 12.7 Å². The molecule has 0 atom stereocenters. The molecule has 23 heavy (non-hydrogen) atoms. The van der Waals surface area contributed by atoms with Gasteiger partial charge in [0.15, 0.2) is 11.6 Å². The molecule has 0 spiro atoms. The molecule has 2 aliphatic carbocycles. The quantitative estimate of drug-likeness (QED) is 0.754. The highest BCUT2D eigenvalue weighted by Crippen LogP contribution is 2.44. The van der Waals surface area contributed by atoms with E-state index in [-0.39, 0.29) is 23.9 Å². The van der Waals surface area contributed by atoms with Crippen molar-refractivity contribution in [3.63, 3.8) is 0 Å². The number of ether oxygens (including phenoxy) is 1. The normalized spacial score (nSPS) is 19.4. The van der Waals surface area contributed by atoms with E-state index in [9.17, 15) is 14.3 Å². The lowest BCUT2D eigenvalue weighted by Crippen LogP contribution is -2.35. The Balaban J connectivity index is 1.51. The van der Waals surface area contributed by atoms with E-state index in [4.69, 9.17) is 4.74 Å². The monoisotopic (exact) mass is 322 g/mol. The van der Waals surface area contributed by atoms with Gasteiger partial charge >= 0.3 is 6.03 Å². The average Bonchev–Trinajstić information content (AvgIpc) is 3.15. The van der Waals surface area contributed by atoms with Crippen molar-refractivity contribution >= 4 is 11.7 Å². The summed E-state index contributed by atoms with van der Waals surface area (Å²) in [4.78, 5) is 11.8. The van der Waals surface area contributed by atoms with Gasteiger partial charge in [-0.15, -0.1) is 0 Å². The number of benzene rings is 1. The zero-order valence-electron chi connectivity index (χ0n) is 13.1. The number of hydrogen-bond acceptors (Lipinski definition) is 3. The highest BCUT2D eigenvalue weighted by atomic mass is 19.1. The Bertz CT molecular complexity index is 569. The Morgan fingerprint density at radius 3 is 2.70 bits per heavy atom. The van der Waals surface area contributed by atoms with Crippen molar-refractivity contribution in [1.29, 1.82) is 0 Å². The number of amides is 2. The summed E-state index contributed by atoms with van der Waals surface area (Å²) in [7, 11) is 0. The van der Waals surface area contributed by atoms with E-state index in [0.717, 1.165) is 38.5 Å². The molecular weight excluding hydrogens is 299 g/mol. The van der Waals surface area contributed by atoms with Crippen LogP contribution < -0.4 is 15.4 Å². The van der Waals surface area contributed by atoms with Crippen molar-refractivity contribution in [3.05, 3.63) is 24.0 Å². The third-order valence-corrected chi connectivity index (χ3v) is 4.70. The van der Waals surface area contributed by atoms with Crippen LogP contribution in [0, 0.1) is 11.2 Å². The molecular formula is C17H23FN2O3. The highest BCUT2D eigenvalue weighted by molar-refractivity contribution is 5.89. The first-order valence-corrected chi connectivity index (χ1v) is 8.22. The number of rotatable bonds is 6. The van der Waals surface area contributed by atoms with Crippen LogP contribution in [0.4, 0.5) is 14.9 Å². The number of urea groups is 1. The topological polar surface area (TPSA) is 70.6 Å². The second-order valence-electron chi connectivity index (χ2n) is 6.64. The fraction of sp³-hybridized carbons (Fsp3) is 0.588. The van der Waals surface area contributed by atoms with Gasteiger partial charge in [-0.1, -0.05) is 0 Å². The van der Waals surface area contributed by atoms with E-state index in [0.29, 0.717) is 12.2 Å². The Morgan fingerprint density at radius 1 is 1.35 bits per heavy atom. The predicted molar refractivity (Wildman–Crippen MR) is 85.1 cm³/mol. The van der Waals surface area contributed by atoms with Crippen LogP contribution in [0.15, 0.2) is 18.2 Å². The number of anilines is 1. The van der Waals surface area contributed by atoms with E-state index < -0.39 is 11.8 Å². The molecule has 3 N–H and O–H groups in total. The summed E-state index contributed by atoms with van der Waals surface area (Å²) in [6, 6.07) is 4.06. The maximum absolute atomic E-state index is 14.1. The molecule has 2 saturated carbocycles. The van der Waals surface area contributed by atoms with Crippen LogP contribution in [0.3, 0.4) is 0 Å². The molecule has 2 amide bonds. The molecule has 2 fully saturated rings. The Hall–Kier alpha value is -1.82. The minimum absolute atomic E-state index is 0.0785. The first kappa shape index (κ1) is 16.1. The van der Waals surface area contributed by atoms with Gasteiger partial charge < -0.3 is 20.5 Å². The van der Waals surface area contributed by atoms with E-state index >= 15 is 0 Å². The number of carbonyl (C=O) groups excluding carboxylic acids is 1. The Kier molecular flexibility index (Phi) is 4.71. The van der Waals surface area contributed by atoms with Gasteiger partial charge in [-0.2, -0.15) is 0 Å². The van der Waals surface area contributed by atoms with Gasteiger partial charge in [0.1, 0.15) is 0 Å². The second kappa shape index (κ2) is 6.74. The summed E-state index contributed by atoms with van der Waals surface area (Å²) in [5.41, 5.74) is 0.231. The zero-order chi connectivity index (χ0) is 16.3. The molecule has 0 saturated heterocycles. The van der Waals surface area contributed by atoms with Crippen molar-refractivity contribution in [1.82, 2.24) is 5.32 Å². The molecule has 6 heteroatoms. The van der Waals surface area contributed by atoms with Gasteiger partial charge in [-0.05, 0) is 50.7 Å². The number of carbonyl (C=O) groups is 1. The zero-order valence-corrected chi connectivity index (χ0v) is 13.1. The summed E-state index contributed by atoms with van der Waals surface area (Å²) >= 11 is 0. The predicted octanol–water partition coefficient (Wildman–Crippen LogP) is 3.04. The largest absolute Gasteiger partial charge is 0.487 e. The molecule has 0 aromatic heterocycles. The lowest BCUT2D eigenvalue weighted by atomic mass is 10.1. The van der Waals surface area contributed by atoms with E-state index in [1.165, 1.54) is 6.07 Å². The fourth-order valence-corrected chi connectivity index (χ4v) is 2.87. The van der Waals surface area contributed by atoms with Crippen molar-refractivity contribution in [2.45, 2.75) is 44.6 Å². The van der Waals surface area contributed by atoms with Crippen molar-refractivity contribution in [2.75, 3.05) is 18.5 Å². The Morgan fingerprint density at radius 2 is 2.09 bits per heavy atom. The van der Waals surface area contributed by atoms with Gasteiger partial charge in [0.2, 0.25) is 0 Å². The summed E-state index contributed by atoms with van der Waals surface area (Å²) in [5, 5.41) is 14.5. The van der Waals surface area contributed by atoms with Crippen LogP contribution in [0.5, 0.6) is 5.75 Å². The number of aliphatic hydroxyl groups excluding tert-OH is 1. The third kappa shape index (κ3) is 4.13. The van der Waals surface area contributed by atoms with Crippen LogP contribution in [0.1, 0.15) is 38.5 Å². The summed E-state index contributed by atoms with van der Waals surface area (Å²) < 4.78 is 19.7. The Labute approximate surface area is 135 Å². The highest BCUT2D eigenvalue weighted by Gasteiger charge is 2.42. The number of halogens is 1. The molecule has 0 heterocycles. The minimum Gasteiger partial charge on any atom is -0.487 e. The molecule has 0 aliphatic heterocycles. The van der Waals surface area contributed by atoms with Gasteiger partial charge in [0.25, 0.3) is 0 Å². The minimum atomic E-state index is -0.469. The molecule has 5 nitrogen and oxygen atoms in total. The summed E-state index contributed by atoms with van der Waals surface area (Å²) in [6.45, 7) is 0.510. The van der Waals surface area contributed by atoms with Crippen molar-refractivity contribution < 1.29 is 19.0 Å². The molecule has 3 rings (SSSR count).